The maximum Gasteiger partial charge on any atom is 0.310 e. The third kappa shape index (κ3) is 2.91. The molecular weight excluding hydrogens is 288 g/mol. The van der Waals surface area contributed by atoms with E-state index in [4.69, 9.17) is 14.6 Å². The fourth-order valence-electron chi connectivity index (χ4n) is 1.54. The molecule has 0 aliphatic carbocycles. The van der Waals surface area contributed by atoms with Crippen LogP contribution >= 0.6 is 15.9 Å². The molecule has 0 saturated carbocycles. The molecule has 4 nitrogen and oxygen atoms in total. The van der Waals surface area contributed by atoms with E-state index in [1.165, 1.54) is 7.11 Å². The predicted octanol–water partition coefficient (Wildman–Crippen LogP) is 3.04. The van der Waals surface area contributed by atoms with Crippen molar-refractivity contribution in [1.29, 1.82) is 0 Å². The lowest BCUT2D eigenvalue weighted by molar-refractivity contribution is -0.138. The number of benzene rings is 1. The molecule has 0 saturated heterocycles. The second-order valence-electron chi connectivity index (χ2n) is 3.49. The Morgan fingerprint density at radius 2 is 2.18 bits per heavy atom. The molecule has 1 rings (SSSR count). The topological polar surface area (TPSA) is 55.8 Å². The first-order valence-corrected chi connectivity index (χ1v) is 6.04. The van der Waals surface area contributed by atoms with Gasteiger partial charge in [0.15, 0.2) is 11.5 Å². The van der Waals surface area contributed by atoms with E-state index in [0.29, 0.717) is 28.1 Å². The van der Waals surface area contributed by atoms with Crippen molar-refractivity contribution in [2.75, 3.05) is 13.7 Å². The van der Waals surface area contributed by atoms with Gasteiger partial charge in [-0.3, -0.25) is 4.79 Å². The molecule has 0 bridgehead atoms. The molecule has 0 aromatic heterocycles. The van der Waals surface area contributed by atoms with E-state index in [-0.39, 0.29) is 0 Å². The zero-order valence-corrected chi connectivity index (χ0v) is 11.6. The first-order chi connectivity index (χ1) is 8.02. The molecule has 1 atom stereocenters. The van der Waals surface area contributed by atoms with Crippen molar-refractivity contribution >= 4 is 21.9 Å². The number of hydrogen-bond donors (Lipinski definition) is 1. The fourth-order valence-corrected chi connectivity index (χ4v) is 2.19. The molecule has 0 amide bonds. The van der Waals surface area contributed by atoms with E-state index in [2.05, 4.69) is 15.9 Å². The van der Waals surface area contributed by atoms with E-state index in [9.17, 15) is 4.79 Å². The van der Waals surface area contributed by atoms with Crippen LogP contribution in [0.2, 0.25) is 0 Å². The van der Waals surface area contributed by atoms with Crippen molar-refractivity contribution < 1.29 is 19.4 Å². The zero-order chi connectivity index (χ0) is 13.0. The smallest absolute Gasteiger partial charge is 0.310 e. The molecule has 0 spiro atoms. The Morgan fingerprint density at radius 3 is 2.65 bits per heavy atom. The molecule has 1 unspecified atom stereocenters. The molecule has 5 heteroatoms. The minimum absolute atomic E-state index is 0.451. The molecule has 0 fully saturated rings. The highest BCUT2D eigenvalue weighted by atomic mass is 79.9. The summed E-state index contributed by atoms with van der Waals surface area (Å²) < 4.78 is 11.4. The molecule has 0 heterocycles. The van der Waals surface area contributed by atoms with E-state index >= 15 is 0 Å². The summed E-state index contributed by atoms with van der Waals surface area (Å²) in [5, 5.41) is 9.10. The van der Waals surface area contributed by atoms with Gasteiger partial charge in [-0.25, -0.2) is 0 Å². The monoisotopic (exact) mass is 302 g/mol. The predicted molar refractivity (Wildman–Crippen MR) is 67.9 cm³/mol. The fraction of sp³-hybridized carbons (Fsp3) is 0.417. The van der Waals surface area contributed by atoms with E-state index in [1.54, 1.807) is 19.1 Å². The number of aliphatic carboxylic acids is 1. The summed E-state index contributed by atoms with van der Waals surface area (Å²) in [6, 6.07) is 3.50. The van der Waals surface area contributed by atoms with Gasteiger partial charge in [0.05, 0.1) is 19.6 Å². The van der Waals surface area contributed by atoms with Gasteiger partial charge < -0.3 is 14.6 Å². The van der Waals surface area contributed by atoms with Crippen molar-refractivity contribution in [2.45, 2.75) is 19.8 Å². The van der Waals surface area contributed by atoms with Gasteiger partial charge in [-0.15, -0.1) is 0 Å². The van der Waals surface area contributed by atoms with Crippen LogP contribution in [0.1, 0.15) is 25.3 Å². The third-order valence-corrected chi connectivity index (χ3v) is 3.11. The maximum absolute atomic E-state index is 11.1. The quantitative estimate of drug-likeness (QED) is 0.908. The van der Waals surface area contributed by atoms with Crippen LogP contribution in [0.4, 0.5) is 0 Å². The van der Waals surface area contributed by atoms with Gasteiger partial charge in [0.2, 0.25) is 0 Å². The van der Waals surface area contributed by atoms with Crippen molar-refractivity contribution in [3.63, 3.8) is 0 Å². The van der Waals surface area contributed by atoms with Crippen molar-refractivity contribution in [2.24, 2.45) is 0 Å². The number of methoxy groups -OCH3 is 1. The molecular formula is C12H15BrO4. The Kier molecular flexibility index (Phi) is 4.81. The molecule has 0 aliphatic rings. The number of hydrogen-bond acceptors (Lipinski definition) is 3. The van der Waals surface area contributed by atoms with Crippen LogP contribution < -0.4 is 9.47 Å². The molecule has 1 aromatic rings. The lowest BCUT2D eigenvalue weighted by Gasteiger charge is -2.18. The minimum Gasteiger partial charge on any atom is -0.493 e. The number of carboxylic acid groups (broad SMARTS) is 1. The van der Waals surface area contributed by atoms with Crippen molar-refractivity contribution in [3.05, 3.63) is 22.2 Å². The minimum atomic E-state index is -0.903. The Balaban J connectivity index is 3.37. The van der Waals surface area contributed by atoms with E-state index < -0.39 is 11.9 Å². The van der Waals surface area contributed by atoms with Gasteiger partial charge >= 0.3 is 5.97 Å². The number of carboxylic acids is 1. The van der Waals surface area contributed by atoms with Crippen LogP contribution in [0.5, 0.6) is 11.5 Å². The standard InChI is InChI=1S/C12H15BrO4/c1-4-17-11-9(16-3)6-5-8(13)10(11)7(2)12(14)15/h5-7H,4H2,1-3H3,(H,14,15). The van der Waals surface area contributed by atoms with Crippen LogP contribution in [0.3, 0.4) is 0 Å². The van der Waals surface area contributed by atoms with Crippen LogP contribution in [0.25, 0.3) is 0 Å². The zero-order valence-electron chi connectivity index (χ0n) is 9.99. The third-order valence-electron chi connectivity index (χ3n) is 2.42. The average Bonchev–Trinajstić information content (AvgIpc) is 2.29. The van der Waals surface area contributed by atoms with Crippen LogP contribution in [-0.4, -0.2) is 24.8 Å². The van der Waals surface area contributed by atoms with Gasteiger partial charge in [0.1, 0.15) is 0 Å². The highest BCUT2D eigenvalue weighted by Crippen LogP contribution is 2.40. The maximum atomic E-state index is 11.1. The summed E-state index contributed by atoms with van der Waals surface area (Å²) in [6.45, 7) is 3.91. The van der Waals surface area contributed by atoms with E-state index in [1.807, 2.05) is 6.92 Å². The summed E-state index contributed by atoms with van der Waals surface area (Å²) in [4.78, 5) is 11.1. The molecule has 0 aliphatic heterocycles. The van der Waals surface area contributed by atoms with Crippen molar-refractivity contribution in [1.82, 2.24) is 0 Å². The first kappa shape index (κ1) is 13.8. The van der Waals surface area contributed by atoms with E-state index in [0.717, 1.165) is 0 Å². The van der Waals surface area contributed by atoms with Crippen LogP contribution in [0, 0.1) is 0 Å². The van der Waals surface area contributed by atoms with Crippen molar-refractivity contribution in [3.8, 4) is 11.5 Å². The number of halogens is 1. The van der Waals surface area contributed by atoms with Gasteiger partial charge in [-0.1, -0.05) is 15.9 Å². The van der Waals surface area contributed by atoms with Gasteiger partial charge in [0.25, 0.3) is 0 Å². The summed E-state index contributed by atoms with van der Waals surface area (Å²) in [5.41, 5.74) is 0.596. The largest absolute Gasteiger partial charge is 0.493 e. The van der Waals surface area contributed by atoms with Crippen LogP contribution in [0.15, 0.2) is 16.6 Å². The summed E-state index contributed by atoms with van der Waals surface area (Å²) in [7, 11) is 1.53. The molecule has 17 heavy (non-hydrogen) atoms. The van der Waals surface area contributed by atoms with Gasteiger partial charge in [-0.2, -0.15) is 0 Å². The Morgan fingerprint density at radius 1 is 1.53 bits per heavy atom. The van der Waals surface area contributed by atoms with Gasteiger partial charge in [0, 0.05) is 10.0 Å². The summed E-state index contributed by atoms with van der Waals surface area (Å²) in [6.07, 6.45) is 0. The molecule has 1 N–H and O–H groups in total. The Labute approximate surface area is 109 Å². The van der Waals surface area contributed by atoms with Gasteiger partial charge in [-0.05, 0) is 26.0 Å². The second-order valence-corrected chi connectivity index (χ2v) is 4.34. The lowest BCUT2D eigenvalue weighted by Crippen LogP contribution is -2.11. The Bertz CT molecular complexity index is 417. The molecule has 94 valence electrons. The summed E-state index contributed by atoms with van der Waals surface area (Å²) in [5.74, 6) is -0.543. The SMILES string of the molecule is CCOc1c(OC)ccc(Br)c1C(C)C(=O)O. The summed E-state index contributed by atoms with van der Waals surface area (Å²) >= 11 is 3.35. The number of rotatable bonds is 5. The highest BCUT2D eigenvalue weighted by molar-refractivity contribution is 9.10. The number of ether oxygens (including phenoxy) is 2. The normalized spacial score (nSPS) is 12.0. The average molecular weight is 303 g/mol. The lowest BCUT2D eigenvalue weighted by atomic mass is 10.00. The Hall–Kier alpha value is -1.23. The van der Waals surface area contributed by atoms with Crippen LogP contribution in [-0.2, 0) is 4.79 Å². The molecule has 1 aromatic carbocycles. The molecule has 0 radical (unpaired) electrons. The highest BCUT2D eigenvalue weighted by Gasteiger charge is 2.24. The second kappa shape index (κ2) is 5.91. The number of carbonyl (C=O) groups is 1. The first-order valence-electron chi connectivity index (χ1n) is 5.24.